The van der Waals surface area contributed by atoms with Crippen molar-refractivity contribution in [2.24, 2.45) is 0 Å². The molecule has 4 aromatic rings. The maximum absolute atomic E-state index is 12.4. The molecule has 3 aromatic heterocycles. The first kappa shape index (κ1) is 18.8. The van der Waals surface area contributed by atoms with Gasteiger partial charge in [-0.2, -0.15) is 4.98 Å². The molecular formula is C19H18ClN7O2. The minimum atomic E-state index is -0.116. The van der Waals surface area contributed by atoms with Crippen LogP contribution in [-0.2, 0) is 0 Å². The molecule has 9 nitrogen and oxygen atoms in total. The summed E-state index contributed by atoms with van der Waals surface area (Å²) in [6.45, 7) is 0. The van der Waals surface area contributed by atoms with Crippen LogP contribution in [0.1, 0.15) is 10.4 Å². The number of hydrogen-bond acceptors (Lipinski definition) is 6. The zero-order chi connectivity index (χ0) is 20.5. The number of carbonyl (C=O) groups excluding carboxylic acids is 1. The molecule has 0 aliphatic rings. The molecule has 4 rings (SSSR count). The lowest BCUT2D eigenvalue weighted by atomic mass is 10.1. The Balaban J connectivity index is 1.68. The second kappa shape index (κ2) is 7.44. The van der Waals surface area contributed by atoms with Crippen molar-refractivity contribution in [2.75, 3.05) is 26.5 Å². The quantitative estimate of drug-likeness (QED) is 0.543. The standard InChI is InChI=1S/C19H18ClN7O2/c1-25(2)18(28)12-7-13(9-14(8-12)29-3)26-10-16(21-11-26)22-17-15-5-4-6-27(15)24-19(20)23-17/h4-11H,1-3H3,(H,22,23,24). The molecule has 29 heavy (non-hydrogen) atoms. The van der Waals surface area contributed by atoms with E-state index in [2.05, 4.69) is 20.4 Å². The Kier molecular flexibility index (Phi) is 4.81. The number of halogens is 1. The van der Waals surface area contributed by atoms with Crippen molar-refractivity contribution in [3.05, 3.63) is 59.9 Å². The van der Waals surface area contributed by atoms with Crippen LogP contribution in [0.3, 0.4) is 0 Å². The summed E-state index contributed by atoms with van der Waals surface area (Å²) in [6, 6.07) is 9.03. The summed E-state index contributed by atoms with van der Waals surface area (Å²) in [5.74, 6) is 1.56. The van der Waals surface area contributed by atoms with Crippen LogP contribution in [0.4, 0.5) is 11.6 Å². The fourth-order valence-corrected chi connectivity index (χ4v) is 3.05. The van der Waals surface area contributed by atoms with Gasteiger partial charge in [-0.25, -0.2) is 9.50 Å². The van der Waals surface area contributed by atoms with Crippen molar-refractivity contribution in [1.82, 2.24) is 29.0 Å². The summed E-state index contributed by atoms with van der Waals surface area (Å²) in [4.78, 5) is 22.5. The van der Waals surface area contributed by atoms with E-state index in [0.29, 0.717) is 22.9 Å². The van der Waals surface area contributed by atoms with Crippen molar-refractivity contribution >= 4 is 34.7 Å². The molecule has 0 saturated carbocycles. The number of carbonyl (C=O) groups is 1. The van der Waals surface area contributed by atoms with Crippen molar-refractivity contribution in [3.8, 4) is 11.4 Å². The second-order valence-electron chi connectivity index (χ2n) is 6.48. The van der Waals surface area contributed by atoms with Gasteiger partial charge in [0.2, 0.25) is 5.28 Å². The van der Waals surface area contributed by atoms with Crippen LogP contribution in [0, 0.1) is 0 Å². The molecule has 3 heterocycles. The van der Waals surface area contributed by atoms with Gasteiger partial charge >= 0.3 is 0 Å². The Morgan fingerprint density at radius 1 is 1.28 bits per heavy atom. The average molecular weight is 412 g/mol. The van der Waals surface area contributed by atoms with Crippen molar-refractivity contribution < 1.29 is 9.53 Å². The first-order valence-electron chi connectivity index (χ1n) is 8.67. The molecule has 1 amide bonds. The predicted octanol–water partition coefficient (Wildman–Crippen LogP) is 3.02. The van der Waals surface area contributed by atoms with Crippen molar-refractivity contribution in [1.29, 1.82) is 0 Å². The Hall–Kier alpha value is -3.59. The van der Waals surface area contributed by atoms with E-state index in [1.165, 1.54) is 4.90 Å². The third-order valence-corrected chi connectivity index (χ3v) is 4.43. The number of benzene rings is 1. The highest BCUT2D eigenvalue weighted by Gasteiger charge is 2.13. The first-order valence-corrected chi connectivity index (χ1v) is 9.05. The largest absolute Gasteiger partial charge is 0.497 e. The summed E-state index contributed by atoms with van der Waals surface area (Å²) < 4.78 is 8.77. The van der Waals surface area contributed by atoms with E-state index >= 15 is 0 Å². The van der Waals surface area contributed by atoms with Gasteiger partial charge in [0.1, 0.15) is 23.4 Å². The lowest BCUT2D eigenvalue weighted by Gasteiger charge is -2.13. The highest BCUT2D eigenvalue weighted by molar-refractivity contribution is 6.28. The van der Waals surface area contributed by atoms with Gasteiger partial charge < -0.3 is 19.5 Å². The van der Waals surface area contributed by atoms with Crippen LogP contribution >= 0.6 is 11.6 Å². The minimum absolute atomic E-state index is 0.116. The molecule has 0 radical (unpaired) electrons. The second-order valence-corrected chi connectivity index (χ2v) is 6.82. The molecule has 0 atom stereocenters. The number of rotatable bonds is 5. The summed E-state index contributed by atoms with van der Waals surface area (Å²) >= 11 is 6.00. The smallest absolute Gasteiger partial charge is 0.253 e. The van der Waals surface area contributed by atoms with Crippen molar-refractivity contribution in [3.63, 3.8) is 0 Å². The number of nitrogens with one attached hydrogen (secondary N) is 1. The number of nitrogens with zero attached hydrogens (tertiary/aromatic N) is 6. The third kappa shape index (κ3) is 3.72. The number of amides is 1. The molecule has 1 N–H and O–H groups in total. The molecule has 0 bridgehead atoms. The molecule has 0 spiro atoms. The molecule has 0 unspecified atom stereocenters. The zero-order valence-corrected chi connectivity index (χ0v) is 16.8. The van der Waals surface area contributed by atoms with Crippen LogP contribution < -0.4 is 10.1 Å². The van der Waals surface area contributed by atoms with E-state index in [4.69, 9.17) is 16.3 Å². The minimum Gasteiger partial charge on any atom is -0.497 e. The normalized spacial score (nSPS) is 10.9. The van der Waals surface area contributed by atoms with Gasteiger partial charge in [0.05, 0.1) is 19.0 Å². The number of methoxy groups -OCH3 is 1. The highest BCUT2D eigenvalue weighted by atomic mass is 35.5. The zero-order valence-electron chi connectivity index (χ0n) is 16.0. The Morgan fingerprint density at radius 3 is 2.86 bits per heavy atom. The van der Waals surface area contributed by atoms with E-state index in [-0.39, 0.29) is 11.2 Å². The Labute approximate surface area is 171 Å². The van der Waals surface area contributed by atoms with Crippen LogP contribution in [0.15, 0.2) is 49.1 Å². The summed E-state index contributed by atoms with van der Waals surface area (Å²) in [5.41, 5.74) is 2.03. The highest BCUT2D eigenvalue weighted by Crippen LogP contribution is 2.24. The van der Waals surface area contributed by atoms with Gasteiger partial charge in [0, 0.05) is 31.9 Å². The Morgan fingerprint density at radius 2 is 2.10 bits per heavy atom. The van der Waals surface area contributed by atoms with Crippen LogP contribution in [-0.4, -0.2) is 56.2 Å². The fourth-order valence-electron chi connectivity index (χ4n) is 2.88. The van der Waals surface area contributed by atoms with Gasteiger partial charge in [0.15, 0.2) is 5.82 Å². The molecule has 0 aliphatic carbocycles. The SMILES string of the molecule is COc1cc(C(=O)N(C)C)cc(-n2cnc(Nc3nc(Cl)nn4cccc34)c2)c1. The molecule has 1 aromatic carbocycles. The topological polar surface area (TPSA) is 89.6 Å². The molecule has 0 saturated heterocycles. The first-order chi connectivity index (χ1) is 13.9. The summed E-state index contributed by atoms with van der Waals surface area (Å²) in [5, 5.41) is 7.38. The Bertz CT molecular complexity index is 1200. The lowest BCUT2D eigenvalue weighted by molar-refractivity contribution is 0.0827. The maximum atomic E-state index is 12.4. The molecular weight excluding hydrogens is 394 g/mol. The number of fused-ring (bicyclic) bond motifs is 1. The lowest BCUT2D eigenvalue weighted by Crippen LogP contribution is -2.21. The predicted molar refractivity (Wildman–Crippen MR) is 109 cm³/mol. The van der Waals surface area contributed by atoms with Gasteiger partial charge in [-0.3, -0.25) is 4.79 Å². The summed E-state index contributed by atoms with van der Waals surface area (Å²) in [7, 11) is 4.97. The van der Waals surface area contributed by atoms with Gasteiger partial charge in [0.25, 0.3) is 5.91 Å². The number of anilines is 2. The van der Waals surface area contributed by atoms with Gasteiger partial charge in [-0.15, -0.1) is 5.10 Å². The number of imidazole rings is 1. The number of aromatic nitrogens is 5. The van der Waals surface area contributed by atoms with Crippen LogP contribution in [0.5, 0.6) is 5.75 Å². The monoisotopic (exact) mass is 411 g/mol. The maximum Gasteiger partial charge on any atom is 0.253 e. The van der Waals surface area contributed by atoms with Crippen LogP contribution in [0.2, 0.25) is 5.28 Å². The molecule has 0 fully saturated rings. The molecule has 148 valence electrons. The van der Waals surface area contributed by atoms with E-state index < -0.39 is 0 Å². The van der Waals surface area contributed by atoms with E-state index in [0.717, 1.165) is 11.2 Å². The van der Waals surface area contributed by atoms with E-state index in [1.807, 2.05) is 18.2 Å². The van der Waals surface area contributed by atoms with E-state index in [1.54, 1.807) is 61.1 Å². The number of ether oxygens (including phenoxy) is 1. The van der Waals surface area contributed by atoms with Crippen molar-refractivity contribution in [2.45, 2.75) is 0 Å². The molecule has 0 aliphatic heterocycles. The summed E-state index contributed by atoms with van der Waals surface area (Å²) in [6.07, 6.45) is 5.21. The number of hydrogen-bond donors (Lipinski definition) is 1. The average Bonchev–Trinajstić information content (AvgIpc) is 3.36. The van der Waals surface area contributed by atoms with Gasteiger partial charge in [-0.05, 0) is 35.9 Å². The van der Waals surface area contributed by atoms with Gasteiger partial charge in [-0.1, -0.05) is 0 Å². The van der Waals surface area contributed by atoms with Crippen LogP contribution in [0.25, 0.3) is 11.2 Å². The van der Waals surface area contributed by atoms with E-state index in [9.17, 15) is 4.79 Å². The molecule has 10 heteroatoms. The fraction of sp³-hybridized carbons (Fsp3) is 0.158. The third-order valence-electron chi connectivity index (χ3n) is 4.27.